The van der Waals surface area contributed by atoms with Crippen molar-refractivity contribution in [3.8, 4) is 0 Å². The average molecular weight is 249 g/mol. The van der Waals surface area contributed by atoms with Gasteiger partial charge in [-0.2, -0.15) is 0 Å². The van der Waals surface area contributed by atoms with Crippen molar-refractivity contribution in [2.75, 3.05) is 13.1 Å². The highest BCUT2D eigenvalue weighted by Gasteiger charge is 2.14. The molecule has 3 nitrogen and oxygen atoms in total. The maximum Gasteiger partial charge on any atom is 0.228 e. The van der Waals surface area contributed by atoms with Crippen molar-refractivity contribution in [1.29, 1.82) is 0 Å². The third-order valence-electron chi connectivity index (χ3n) is 2.04. The first-order valence-corrected chi connectivity index (χ1v) is 5.65. The van der Waals surface area contributed by atoms with Gasteiger partial charge < -0.3 is 11.1 Å². The standard InChI is InChI=1S/C10H16N2OS.ClH/c1-8(9-4-2-7-14-9)10(13)12-6-3-5-11;/h2,4,7-8H,3,5-6,11H2,1H3,(H,12,13);1H. The maximum absolute atomic E-state index is 11.6. The zero-order valence-electron chi connectivity index (χ0n) is 8.73. The van der Waals surface area contributed by atoms with Crippen LogP contribution in [0.3, 0.4) is 0 Å². The van der Waals surface area contributed by atoms with E-state index < -0.39 is 0 Å². The van der Waals surface area contributed by atoms with Crippen LogP contribution in [0.5, 0.6) is 0 Å². The van der Waals surface area contributed by atoms with Crippen molar-refractivity contribution in [3.05, 3.63) is 22.4 Å². The fourth-order valence-electron chi connectivity index (χ4n) is 1.13. The predicted octanol–water partition coefficient (Wildman–Crippen LogP) is 1.74. The van der Waals surface area contributed by atoms with Crippen LogP contribution in [0.4, 0.5) is 0 Å². The Morgan fingerprint density at radius 3 is 2.93 bits per heavy atom. The minimum absolute atomic E-state index is 0. The first-order valence-electron chi connectivity index (χ1n) is 4.77. The topological polar surface area (TPSA) is 55.1 Å². The second kappa shape index (κ2) is 7.68. The second-order valence-corrected chi connectivity index (χ2v) is 4.15. The number of rotatable bonds is 5. The molecule has 15 heavy (non-hydrogen) atoms. The molecular weight excluding hydrogens is 232 g/mol. The molecule has 1 aromatic rings. The zero-order chi connectivity index (χ0) is 10.4. The lowest BCUT2D eigenvalue weighted by Gasteiger charge is -2.09. The Bertz CT molecular complexity index is 277. The van der Waals surface area contributed by atoms with Crippen LogP contribution < -0.4 is 11.1 Å². The van der Waals surface area contributed by atoms with Gasteiger partial charge in [-0.15, -0.1) is 23.7 Å². The van der Waals surface area contributed by atoms with Gasteiger partial charge in [0.15, 0.2) is 0 Å². The van der Waals surface area contributed by atoms with Crippen LogP contribution in [-0.2, 0) is 4.79 Å². The summed E-state index contributed by atoms with van der Waals surface area (Å²) in [6.07, 6.45) is 0.836. The Morgan fingerprint density at radius 2 is 2.40 bits per heavy atom. The second-order valence-electron chi connectivity index (χ2n) is 3.17. The number of hydrogen-bond donors (Lipinski definition) is 2. The summed E-state index contributed by atoms with van der Waals surface area (Å²) in [5, 5.41) is 4.84. The Balaban J connectivity index is 0.00000196. The van der Waals surface area contributed by atoms with Crippen LogP contribution in [-0.4, -0.2) is 19.0 Å². The Hall–Kier alpha value is -0.580. The molecule has 86 valence electrons. The number of amides is 1. The lowest BCUT2D eigenvalue weighted by atomic mass is 10.1. The minimum atomic E-state index is -0.0484. The smallest absolute Gasteiger partial charge is 0.228 e. The highest BCUT2D eigenvalue weighted by atomic mass is 35.5. The molecule has 0 aromatic carbocycles. The molecule has 0 spiro atoms. The van der Waals surface area contributed by atoms with Crippen molar-refractivity contribution in [2.45, 2.75) is 19.3 Å². The molecule has 5 heteroatoms. The van der Waals surface area contributed by atoms with Crippen LogP contribution in [0, 0.1) is 0 Å². The van der Waals surface area contributed by atoms with E-state index in [-0.39, 0.29) is 24.2 Å². The number of carbonyl (C=O) groups excluding carboxylic acids is 1. The highest BCUT2D eigenvalue weighted by Crippen LogP contribution is 2.20. The van der Waals surface area contributed by atoms with Gasteiger partial charge in [-0.3, -0.25) is 4.79 Å². The van der Waals surface area contributed by atoms with Crippen molar-refractivity contribution in [3.63, 3.8) is 0 Å². The van der Waals surface area contributed by atoms with Gasteiger partial charge in [0.05, 0.1) is 5.92 Å². The van der Waals surface area contributed by atoms with Gasteiger partial charge in [0.1, 0.15) is 0 Å². The summed E-state index contributed by atoms with van der Waals surface area (Å²) in [7, 11) is 0. The van der Waals surface area contributed by atoms with E-state index >= 15 is 0 Å². The van der Waals surface area contributed by atoms with E-state index in [0.29, 0.717) is 13.1 Å². The molecule has 1 rings (SSSR count). The van der Waals surface area contributed by atoms with Crippen molar-refractivity contribution in [1.82, 2.24) is 5.32 Å². The van der Waals surface area contributed by atoms with E-state index in [1.807, 2.05) is 24.4 Å². The number of hydrogen-bond acceptors (Lipinski definition) is 3. The Kier molecular flexibility index (Phi) is 7.38. The van der Waals surface area contributed by atoms with E-state index in [2.05, 4.69) is 5.32 Å². The third-order valence-corrected chi connectivity index (χ3v) is 3.10. The SMILES string of the molecule is CC(C(=O)NCCCN)c1cccs1.Cl. The first-order chi connectivity index (χ1) is 6.75. The summed E-state index contributed by atoms with van der Waals surface area (Å²) in [6.45, 7) is 3.21. The molecule has 0 aliphatic carbocycles. The van der Waals surface area contributed by atoms with Crippen LogP contribution in [0.25, 0.3) is 0 Å². The first kappa shape index (κ1) is 14.4. The summed E-state index contributed by atoms with van der Waals surface area (Å²) in [4.78, 5) is 12.7. The molecule has 0 saturated heterocycles. The summed E-state index contributed by atoms with van der Waals surface area (Å²) < 4.78 is 0. The molecule has 1 unspecified atom stereocenters. The van der Waals surface area contributed by atoms with Crippen LogP contribution in [0.1, 0.15) is 24.1 Å². The summed E-state index contributed by atoms with van der Waals surface area (Å²) in [5.74, 6) is 0.0358. The molecule has 0 aliphatic heterocycles. The largest absolute Gasteiger partial charge is 0.356 e. The molecular formula is C10H17ClN2OS. The van der Waals surface area contributed by atoms with Gasteiger partial charge in [0.2, 0.25) is 5.91 Å². The highest BCUT2D eigenvalue weighted by molar-refractivity contribution is 7.10. The molecule has 1 atom stereocenters. The number of halogens is 1. The van der Waals surface area contributed by atoms with E-state index in [1.165, 1.54) is 0 Å². The van der Waals surface area contributed by atoms with Gasteiger partial charge in [-0.25, -0.2) is 0 Å². The molecule has 1 amide bonds. The fourth-order valence-corrected chi connectivity index (χ4v) is 1.92. The predicted molar refractivity (Wildman–Crippen MR) is 66.7 cm³/mol. The van der Waals surface area contributed by atoms with Crippen LogP contribution in [0.15, 0.2) is 17.5 Å². The van der Waals surface area contributed by atoms with Crippen molar-refractivity contribution < 1.29 is 4.79 Å². The molecule has 1 aromatic heterocycles. The van der Waals surface area contributed by atoms with E-state index in [1.54, 1.807) is 11.3 Å². The lowest BCUT2D eigenvalue weighted by Crippen LogP contribution is -2.29. The molecule has 0 aliphatic rings. The molecule has 0 radical (unpaired) electrons. The Morgan fingerprint density at radius 1 is 1.67 bits per heavy atom. The zero-order valence-corrected chi connectivity index (χ0v) is 10.4. The number of nitrogens with two attached hydrogens (primary N) is 1. The third kappa shape index (κ3) is 4.64. The summed E-state index contributed by atoms with van der Waals surface area (Å²) in [6, 6.07) is 3.95. The normalized spacial score (nSPS) is 11.6. The molecule has 0 bridgehead atoms. The number of nitrogens with one attached hydrogen (secondary N) is 1. The van der Waals surface area contributed by atoms with E-state index in [4.69, 9.17) is 5.73 Å². The number of thiophene rings is 1. The minimum Gasteiger partial charge on any atom is -0.356 e. The van der Waals surface area contributed by atoms with Crippen molar-refractivity contribution in [2.24, 2.45) is 5.73 Å². The molecule has 0 fully saturated rings. The lowest BCUT2D eigenvalue weighted by molar-refractivity contribution is -0.122. The van der Waals surface area contributed by atoms with E-state index in [0.717, 1.165) is 11.3 Å². The molecule has 1 heterocycles. The number of carbonyl (C=O) groups is 1. The average Bonchev–Trinajstić information content (AvgIpc) is 2.69. The monoisotopic (exact) mass is 248 g/mol. The van der Waals surface area contributed by atoms with E-state index in [9.17, 15) is 4.79 Å². The van der Waals surface area contributed by atoms with Gasteiger partial charge in [-0.1, -0.05) is 6.07 Å². The Labute approximate surface area is 100 Å². The van der Waals surface area contributed by atoms with Crippen molar-refractivity contribution >= 4 is 29.7 Å². The van der Waals surface area contributed by atoms with Gasteiger partial charge >= 0.3 is 0 Å². The summed E-state index contributed by atoms with van der Waals surface area (Å²) in [5.41, 5.74) is 5.34. The fraction of sp³-hybridized carbons (Fsp3) is 0.500. The summed E-state index contributed by atoms with van der Waals surface area (Å²) >= 11 is 1.61. The molecule has 3 N–H and O–H groups in total. The van der Waals surface area contributed by atoms with Gasteiger partial charge in [0.25, 0.3) is 0 Å². The van der Waals surface area contributed by atoms with Crippen LogP contribution in [0.2, 0.25) is 0 Å². The van der Waals surface area contributed by atoms with Gasteiger partial charge in [-0.05, 0) is 31.3 Å². The quantitative estimate of drug-likeness (QED) is 0.780. The van der Waals surface area contributed by atoms with Gasteiger partial charge in [0, 0.05) is 11.4 Å². The van der Waals surface area contributed by atoms with Crippen LogP contribution >= 0.6 is 23.7 Å². The molecule has 0 saturated carbocycles. The maximum atomic E-state index is 11.6.